The largest absolute Gasteiger partial charge is 0.252 e. The van der Waals surface area contributed by atoms with Crippen LogP contribution >= 0.6 is 23.2 Å². The number of rotatable bonds is 4. The summed E-state index contributed by atoms with van der Waals surface area (Å²) < 4.78 is 0. The summed E-state index contributed by atoms with van der Waals surface area (Å²) >= 11 is 12.0. The minimum Gasteiger partial charge on any atom is -0.252 e. The van der Waals surface area contributed by atoms with E-state index in [0.29, 0.717) is 0 Å². The van der Waals surface area contributed by atoms with Crippen molar-refractivity contribution in [2.24, 2.45) is 9.98 Å². The molecule has 0 amide bonds. The Morgan fingerprint density at radius 2 is 1.35 bits per heavy atom. The summed E-state index contributed by atoms with van der Waals surface area (Å²) in [6.07, 6.45) is 0.810. The fraction of sp³-hybridized carbons (Fsp3) is 0.263. The summed E-state index contributed by atoms with van der Waals surface area (Å²) in [6.45, 7) is 8.08. The van der Waals surface area contributed by atoms with Crippen molar-refractivity contribution in [2.75, 3.05) is 0 Å². The number of nitrogens with zero attached hydrogens (tertiary/aromatic N) is 2. The minimum atomic E-state index is 0.722. The Balaban J connectivity index is 2.39. The molecule has 0 atom stereocenters. The van der Waals surface area contributed by atoms with Gasteiger partial charge in [-0.05, 0) is 74.7 Å². The standard InChI is InChI=1S/C19H20Cl2N2/c1-5-17(23-19-9-7-16(21)11-13(19)3)14(4)22-18-8-6-15(20)10-12(18)2/h6-11H,5H2,1-4H3. The molecule has 0 N–H and O–H groups in total. The molecule has 23 heavy (non-hydrogen) atoms. The Morgan fingerprint density at radius 3 is 1.78 bits per heavy atom. The van der Waals surface area contributed by atoms with Crippen LogP contribution in [0, 0.1) is 13.8 Å². The molecule has 0 aliphatic heterocycles. The first kappa shape index (κ1) is 17.7. The van der Waals surface area contributed by atoms with Gasteiger partial charge >= 0.3 is 0 Å². The van der Waals surface area contributed by atoms with Gasteiger partial charge < -0.3 is 0 Å². The molecule has 0 heterocycles. The number of hydrogen-bond acceptors (Lipinski definition) is 2. The molecule has 120 valence electrons. The molecule has 0 fully saturated rings. The maximum absolute atomic E-state index is 6.00. The average Bonchev–Trinajstić information content (AvgIpc) is 2.49. The molecular weight excluding hydrogens is 327 g/mol. The number of benzene rings is 2. The van der Waals surface area contributed by atoms with Crippen molar-refractivity contribution in [3.05, 3.63) is 57.6 Å². The molecule has 0 radical (unpaired) electrons. The topological polar surface area (TPSA) is 24.7 Å². The van der Waals surface area contributed by atoms with Crippen molar-refractivity contribution >= 4 is 46.0 Å². The molecule has 2 rings (SSSR count). The zero-order chi connectivity index (χ0) is 17.0. The van der Waals surface area contributed by atoms with E-state index < -0.39 is 0 Å². The SMILES string of the molecule is CCC(=Nc1ccc(Cl)cc1C)C(C)=Nc1ccc(Cl)cc1C. The lowest BCUT2D eigenvalue weighted by Crippen LogP contribution is -2.08. The second kappa shape index (κ2) is 7.76. The number of aryl methyl sites for hydroxylation is 2. The number of hydrogen-bond donors (Lipinski definition) is 0. The van der Waals surface area contributed by atoms with Crippen LogP contribution in [0.2, 0.25) is 10.0 Å². The first-order valence-electron chi connectivity index (χ1n) is 7.56. The van der Waals surface area contributed by atoms with Crippen molar-refractivity contribution in [2.45, 2.75) is 34.1 Å². The van der Waals surface area contributed by atoms with Crippen LogP contribution in [0.3, 0.4) is 0 Å². The average molecular weight is 347 g/mol. The van der Waals surface area contributed by atoms with Crippen LogP contribution in [0.5, 0.6) is 0 Å². The Kier molecular flexibility index (Phi) is 5.97. The molecule has 2 aromatic carbocycles. The summed E-state index contributed by atoms with van der Waals surface area (Å²) in [5.74, 6) is 0. The van der Waals surface area contributed by atoms with Crippen LogP contribution in [0.15, 0.2) is 46.4 Å². The first-order valence-corrected chi connectivity index (χ1v) is 8.32. The summed E-state index contributed by atoms with van der Waals surface area (Å²) in [6, 6.07) is 11.4. The molecule has 0 saturated carbocycles. The third-order valence-electron chi connectivity index (χ3n) is 3.61. The van der Waals surface area contributed by atoms with Gasteiger partial charge in [0.25, 0.3) is 0 Å². The van der Waals surface area contributed by atoms with Gasteiger partial charge in [-0.25, -0.2) is 0 Å². The summed E-state index contributed by atoms with van der Waals surface area (Å²) in [4.78, 5) is 9.48. The fourth-order valence-corrected chi connectivity index (χ4v) is 2.75. The van der Waals surface area contributed by atoms with Crippen molar-refractivity contribution in [3.8, 4) is 0 Å². The maximum atomic E-state index is 6.00. The molecule has 0 aromatic heterocycles. The second-order valence-corrected chi connectivity index (χ2v) is 6.34. The van der Waals surface area contributed by atoms with Gasteiger partial charge in [0.05, 0.1) is 22.8 Å². The first-order chi connectivity index (χ1) is 10.9. The summed E-state index contributed by atoms with van der Waals surface area (Å²) in [5, 5.41) is 1.45. The molecule has 0 aliphatic rings. The fourth-order valence-electron chi connectivity index (χ4n) is 2.30. The van der Waals surface area contributed by atoms with Gasteiger partial charge in [0.2, 0.25) is 0 Å². The normalized spacial score (nSPS) is 12.6. The molecule has 2 nitrogen and oxygen atoms in total. The summed E-state index contributed by atoms with van der Waals surface area (Å²) in [7, 11) is 0. The van der Waals surface area contributed by atoms with E-state index in [1.807, 2.05) is 57.2 Å². The smallest absolute Gasteiger partial charge is 0.0663 e. The third kappa shape index (κ3) is 4.66. The highest BCUT2D eigenvalue weighted by Gasteiger charge is 2.06. The minimum absolute atomic E-state index is 0.722. The van der Waals surface area contributed by atoms with E-state index in [1.54, 1.807) is 0 Å². The van der Waals surface area contributed by atoms with Crippen LogP contribution in [0.1, 0.15) is 31.4 Å². The van der Waals surface area contributed by atoms with E-state index in [-0.39, 0.29) is 0 Å². The predicted molar refractivity (Wildman–Crippen MR) is 103 cm³/mol. The second-order valence-electron chi connectivity index (χ2n) is 5.47. The quantitative estimate of drug-likeness (QED) is 0.538. The highest BCUT2D eigenvalue weighted by Crippen LogP contribution is 2.25. The van der Waals surface area contributed by atoms with E-state index in [0.717, 1.165) is 50.4 Å². The van der Waals surface area contributed by atoms with E-state index in [1.165, 1.54) is 0 Å². The molecule has 4 heteroatoms. The van der Waals surface area contributed by atoms with Crippen LogP contribution in [-0.2, 0) is 0 Å². The molecule has 0 spiro atoms. The van der Waals surface area contributed by atoms with Crippen LogP contribution in [-0.4, -0.2) is 11.4 Å². The molecule has 0 bridgehead atoms. The van der Waals surface area contributed by atoms with Gasteiger partial charge in [-0.2, -0.15) is 0 Å². The van der Waals surface area contributed by atoms with Gasteiger partial charge in [0, 0.05) is 10.0 Å². The lowest BCUT2D eigenvalue weighted by Gasteiger charge is -2.08. The van der Waals surface area contributed by atoms with Crippen molar-refractivity contribution in [1.29, 1.82) is 0 Å². The highest BCUT2D eigenvalue weighted by atomic mass is 35.5. The molecule has 2 aromatic rings. The van der Waals surface area contributed by atoms with E-state index in [4.69, 9.17) is 33.2 Å². The summed E-state index contributed by atoms with van der Waals surface area (Å²) in [5.41, 5.74) is 5.82. The zero-order valence-corrected chi connectivity index (χ0v) is 15.3. The molecular formula is C19H20Cl2N2. The molecule has 0 unspecified atom stereocenters. The van der Waals surface area contributed by atoms with Crippen molar-refractivity contribution in [1.82, 2.24) is 0 Å². The number of halogens is 2. The lowest BCUT2D eigenvalue weighted by molar-refractivity contribution is 1.27. The van der Waals surface area contributed by atoms with Crippen molar-refractivity contribution < 1.29 is 0 Å². The van der Waals surface area contributed by atoms with Gasteiger partial charge in [-0.3, -0.25) is 9.98 Å². The molecule has 0 aliphatic carbocycles. The maximum Gasteiger partial charge on any atom is 0.0663 e. The van der Waals surface area contributed by atoms with Gasteiger partial charge in [0.15, 0.2) is 0 Å². The predicted octanol–water partition coefficient (Wildman–Crippen LogP) is 6.89. The Hall–Kier alpha value is -1.64. The van der Waals surface area contributed by atoms with Crippen LogP contribution in [0.25, 0.3) is 0 Å². The lowest BCUT2D eigenvalue weighted by atomic mass is 10.1. The van der Waals surface area contributed by atoms with Gasteiger partial charge in [0.1, 0.15) is 0 Å². The Labute approximate surface area is 147 Å². The van der Waals surface area contributed by atoms with E-state index in [2.05, 4.69) is 6.92 Å². The highest BCUT2D eigenvalue weighted by molar-refractivity contribution is 6.42. The molecule has 0 saturated heterocycles. The van der Waals surface area contributed by atoms with Gasteiger partial charge in [-0.15, -0.1) is 0 Å². The van der Waals surface area contributed by atoms with Gasteiger partial charge in [-0.1, -0.05) is 30.1 Å². The van der Waals surface area contributed by atoms with Crippen molar-refractivity contribution in [3.63, 3.8) is 0 Å². The van der Waals surface area contributed by atoms with Crippen LogP contribution < -0.4 is 0 Å². The Morgan fingerprint density at radius 1 is 0.870 bits per heavy atom. The van der Waals surface area contributed by atoms with E-state index >= 15 is 0 Å². The van der Waals surface area contributed by atoms with E-state index in [9.17, 15) is 0 Å². The zero-order valence-electron chi connectivity index (χ0n) is 13.8. The number of aliphatic imine (C=N–C) groups is 2. The van der Waals surface area contributed by atoms with Crippen LogP contribution in [0.4, 0.5) is 11.4 Å². The third-order valence-corrected chi connectivity index (χ3v) is 4.08. The monoisotopic (exact) mass is 346 g/mol. The Bertz CT molecular complexity index is 777.